The molecule has 0 bridgehead atoms. The summed E-state index contributed by atoms with van der Waals surface area (Å²) >= 11 is 1.20. The number of thioether (sulfide) groups is 1. The van der Waals surface area contributed by atoms with Gasteiger partial charge in [0.1, 0.15) is 17.1 Å². The Kier molecular flexibility index (Phi) is 6.06. The van der Waals surface area contributed by atoms with Gasteiger partial charge in [-0.25, -0.2) is 9.78 Å². The molecule has 0 atom stereocenters. The molecule has 0 amide bonds. The summed E-state index contributed by atoms with van der Waals surface area (Å²) in [6, 6.07) is 17.5. The molecule has 0 aliphatic rings. The Bertz CT molecular complexity index is 1490. The molecule has 0 saturated heterocycles. The van der Waals surface area contributed by atoms with Gasteiger partial charge in [-0.15, -0.1) is 0 Å². The predicted molar refractivity (Wildman–Crippen MR) is 130 cm³/mol. The van der Waals surface area contributed by atoms with Crippen LogP contribution >= 0.6 is 11.8 Å². The molecular weight excluding hydrogens is 440 g/mol. The number of hydrogen-bond donors (Lipinski definition) is 1. The van der Waals surface area contributed by atoms with E-state index >= 15 is 0 Å². The van der Waals surface area contributed by atoms with Crippen LogP contribution in [0.4, 0.5) is 5.82 Å². The number of pyridine rings is 1. The number of carbonyl (C=O) groups excluding carboxylic acids is 1. The Balaban J connectivity index is 1.74. The van der Waals surface area contributed by atoms with Gasteiger partial charge < -0.3 is 10.5 Å². The van der Waals surface area contributed by atoms with E-state index in [1.807, 2.05) is 54.6 Å². The molecule has 0 aliphatic heterocycles. The third-order valence-electron chi connectivity index (χ3n) is 5.42. The van der Waals surface area contributed by atoms with Crippen molar-refractivity contribution in [3.8, 4) is 16.9 Å². The molecule has 0 saturated carbocycles. The van der Waals surface area contributed by atoms with Crippen LogP contribution in [-0.4, -0.2) is 32.8 Å². The summed E-state index contributed by atoms with van der Waals surface area (Å²) in [6.45, 7) is 0. The van der Waals surface area contributed by atoms with Gasteiger partial charge in [-0.3, -0.25) is 18.7 Å². The number of hydrogen-bond acceptors (Lipinski definition) is 7. The second-order valence-corrected chi connectivity index (χ2v) is 8.43. The fourth-order valence-corrected chi connectivity index (χ4v) is 4.36. The highest BCUT2D eigenvalue weighted by Gasteiger charge is 2.21. The standard InChI is InChI=1S/C24H22N4O4S/c1-27-22(25)21(23(30)28(2)24(27)31)19(29)13-33-20-12-17(14-7-5-4-6-8-14)16-10-9-15(32-3)11-18(16)26-20/h4-12H,13,25H2,1-3H3. The van der Waals surface area contributed by atoms with E-state index < -0.39 is 17.0 Å². The average Bonchev–Trinajstić information content (AvgIpc) is 2.84. The first-order chi connectivity index (χ1) is 15.8. The second kappa shape index (κ2) is 8.95. The van der Waals surface area contributed by atoms with E-state index in [0.29, 0.717) is 10.8 Å². The molecule has 2 aromatic carbocycles. The predicted octanol–water partition coefficient (Wildman–Crippen LogP) is 2.87. The lowest BCUT2D eigenvalue weighted by Crippen LogP contribution is -2.41. The number of aromatic nitrogens is 3. The van der Waals surface area contributed by atoms with Crippen LogP contribution in [0.25, 0.3) is 22.0 Å². The van der Waals surface area contributed by atoms with Crippen LogP contribution in [0.2, 0.25) is 0 Å². The topological polar surface area (TPSA) is 109 Å². The maximum atomic E-state index is 12.9. The van der Waals surface area contributed by atoms with Crippen LogP contribution in [0.1, 0.15) is 10.4 Å². The van der Waals surface area contributed by atoms with Crippen LogP contribution in [0.15, 0.2) is 69.2 Å². The number of carbonyl (C=O) groups is 1. The largest absolute Gasteiger partial charge is 0.497 e. The third-order valence-corrected chi connectivity index (χ3v) is 6.33. The molecule has 2 N–H and O–H groups in total. The summed E-state index contributed by atoms with van der Waals surface area (Å²) in [5.41, 5.74) is 7.14. The molecule has 4 rings (SSSR count). The first kappa shape index (κ1) is 22.3. The highest BCUT2D eigenvalue weighted by Crippen LogP contribution is 2.33. The fraction of sp³-hybridized carbons (Fsp3) is 0.167. The van der Waals surface area contributed by atoms with Crippen LogP contribution in [0, 0.1) is 0 Å². The molecule has 8 nitrogen and oxygen atoms in total. The van der Waals surface area contributed by atoms with Crippen LogP contribution in [-0.2, 0) is 14.1 Å². The number of fused-ring (bicyclic) bond motifs is 1. The number of ether oxygens (including phenoxy) is 1. The molecule has 4 aromatic rings. The molecule has 168 valence electrons. The minimum atomic E-state index is -0.706. The van der Waals surface area contributed by atoms with Gasteiger partial charge in [0.05, 0.1) is 23.4 Å². The number of anilines is 1. The molecule has 2 heterocycles. The Hall–Kier alpha value is -3.85. The van der Waals surface area contributed by atoms with Gasteiger partial charge in [0.2, 0.25) is 0 Å². The molecule has 33 heavy (non-hydrogen) atoms. The molecule has 0 unspecified atom stereocenters. The molecule has 2 aromatic heterocycles. The maximum Gasteiger partial charge on any atom is 0.332 e. The molecule has 0 spiro atoms. The van der Waals surface area contributed by atoms with Gasteiger partial charge in [0.25, 0.3) is 5.56 Å². The zero-order chi connectivity index (χ0) is 23.7. The van der Waals surface area contributed by atoms with Crippen molar-refractivity contribution in [1.82, 2.24) is 14.1 Å². The number of rotatable bonds is 6. The lowest BCUT2D eigenvalue weighted by molar-refractivity contribution is 0.102. The van der Waals surface area contributed by atoms with Gasteiger partial charge in [-0.2, -0.15) is 0 Å². The molecule has 9 heteroatoms. The SMILES string of the molecule is COc1ccc2c(-c3ccccc3)cc(SCC(=O)c3c(N)n(C)c(=O)n(C)c3=O)nc2c1. The number of nitrogen functional groups attached to an aromatic ring is 1. The Morgan fingerprint density at radius 1 is 1.06 bits per heavy atom. The monoisotopic (exact) mass is 462 g/mol. The van der Waals surface area contributed by atoms with E-state index in [4.69, 9.17) is 15.5 Å². The van der Waals surface area contributed by atoms with Crippen molar-refractivity contribution in [3.05, 3.63) is 81.0 Å². The van der Waals surface area contributed by atoms with Gasteiger partial charge in [-0.05, 0) is 29.3 Å². The van der Waals surface area contributed by atoms with E-state index in [0.717, 1.165) is 31.2 Å². The van der Waals surface area contributed by atoms with Crippen molar-refractivity contribution in [2.75, 3.05) is 18.6 Å². The summed E-state index contributed by atoms with van der Waals surface area (Å²) in [7, 11) is 4.33. The van der Waals surface area contributed by atoms with Gasteiger partial charge >= 0.3 is 5.69 Å². The minimum Gasteiger partial charge on any atom is -0.497 e. The number of nitrogens with zero attached hydrogens (tertiary/aromatic N) is 3. The number of methoxy groups -OCH3 is 1. The normalized spacial score (nSPS) is 11.0. The first-order valence-corrected chi connectivity index (χ1v) is 11.1. The summed E-state index contributed by atoms with van der Waals surface area (Å²) < 4.78 is 7.31. The van der Waals surface area contributed by atoms with Gasteiger partial charge in [0.15, 0.2) is 5.78 Å². The van der Waals surface area contributed by atoms with Gasteiger partial charge in [0, 0.05) is 25.5 Å². The summed E-state index contributed by atoms with van der Waals surface area (Å²) in [5.74, 6) is 0.0000351. The number of Topliss-reactive ketones (excluding diaryl/α,β-unsaturated/α-hetero) is 1. The lowest BCUT2D eigenvalue weighted by atomic mass is 10.0. The zero-order valence-corrected chi connectivity index (χ0v) is 19.2. The summed E-state index contributed by atoms with van der Waals surface area (Å²) in [5, 5.41) is 1.57. The lowest BCUT2D eigenvalue weighted by Gasteiger charge is -2.12. The van der Waals surface area contributed by atoms with Crippen molar-refractivity contribution in [2.45, 2.75) is 5.03 Å². The van der Waals surface area contributed by atoms with E-state index in [2.05, 4.69) is 0 Å². The van der Waals surface area contributed by atoms with Crippen LogP contribution in [0.3, 0.4) is 0 Å². The quantitative estimate of drug-likeness (QED) is 0.347. The van der Waals surface area contributed by atoms with E-state index in [1.165, 1.54) is 25.9 Å². The van der Waals surface area contributed by atoms with Crippen molar-refractivity contribution >= 4 is 34.3 Å². The van der Waals surface area contributed by atoms with Crippen molar-refractivity contribution in [2.24, 2.45) is 14.1 Å². The Labute approximate surface area is 193 Å². The summed E-state index contributed by atoms with van der Waals surface area (Å²) in [4.78, 5) is 42.1. The van der Waals surface area contributed by atoms with Crippen molar-refractivity contribution < 1.29 is 9.53 Å². The number of ketones is 1. The second-order valence-electron chi connectivity index (χ2n) is 7.44. The van der Waals surface area contributed by atoms with Crippen molar-refractivity contribution in [1.29, 1.82) is 0 Å². The molecule has 0 fully saturated rings. The third kappa shape index (κ3) is 4.14. The molecular formula is C24H22N4O4S. The first-order valence-electron chi connectivity index (χ1n) is 10.1. The number of nitrogens with two attached hydrogens (primary N) is 1. The summed E-state index contributed by atoms with van der Waals surface area (Å²) in [6.07, 6.45) is 0. The van der Waals surface area contributed by atoms with Gasteiger partial charge in [-0.1, -0.05) is 42.1 Å². The zero-order valence-electron chi connectivity index (χ0n) is 18.4. The van der Waals surface area contributed by atoms with E-state index in [-0.39, 0.29) is 17.1 Å². The Morgan fingerprint density at radius 3 is 2.48 bits per heavy atom. The van der Waals surface area contributed by atoms with Crippen molar-refractivity contribution in [3.63, 3.8) is 0 Å². The number of benzene rings is 2. The van der Waals surface area contributed by atoms with Crippen LogP contribution in [0.5, 0.6) is 5.75 Å². The Morgan fingerprint density at radius 2 is 1.79 bits per heavy atom. The highest BCUT2D eigenvalue weighted by molar-refractivity contribution is 7.99. The molecule has 0 radical (unpaired) electrons. The van der Waals surface area contributed by atoms with E-state index in [1.54, 1.807) is 7.11 Å². The minimum absolute atomic E-state index is 0.0612. The molecule has 0 aliphatic carbocycles. The average molecular weight is 463 g/mol. The van der Waals surface area contributed by atoms with E-state index in [9.17, 15) is 14.4 Å². The smallest absolute Gasteiger partial charge is 0.332 e. The fourth-order valence-electron chi connectivity index (χ4n) is 3.58. The van der Waals surface area contributed by atoms with Crippen LogP contribution < -0.4 is 21.7 Å². The highest BCUT2D eigenvalue weighted by atomic mass is 32.2. The maximum absolute atomic E-state index is 12.9.